The van der Waals surface area contributed by atoms with Crippen LogP contribution in [0.4, 0.5) is 0 Å². The summed E-state index contributed by atoms with van der Waals surface area (Å²) in [5.74, 6) is -2.54. The number of rotatable bonds is 7. The van der Waals surface area contributed by atoms with Crippen molar-refractivity contribution in [1.29, 1.82) is 0 Å². The number of carbonyl (C=O) groups is 3. The Morgan fingerprint density at radius 3 is 2.61 bits per heavy atom. The van der Waals surface area contributed by atoms with E-state index in [1.54, 1.807) is 9.80 Å². The number of hydrogen-bond acceptors (Lipinski definition) is 8. The maximum atomic E-state index is 14.3. The molecule has 5 aliphatic rings. The molecule has 3 fully saturated rings. The first-order valence-electron chi connectivity index (χ1n) is 14.1. The molecule has 0 radical (unpaired) electrons. The van der Waals surface area contributed by atoms with Crippen LogP contribution in [0.5, 0.6) is 0 Å². The largest absolute Gasteiger partial charge is 0.465 e. The van der Waals surface area contributed by atoms with Gasteiger partial charge in [0.15, 0.2) is 0 Å². The molecule has 1 N–H and O–H groups in total. The van der Waals surface area contributed by atoms with E-state index in [2.05, 4.69) is 4.90 Å². The number of allylic oxidation sites excluding steroid dienone is 1. The maximum absolute atomic E-state index is 14.3. The van der Waals surface area contributed by atoms with Crippen LogP contribution < -0.4 is 0 Å². The minimum Gasteiger partial charge on any atom is -0.465 e. The van der Waals surface area contributed by atoms with Gasteiger partial charge in [-0.1, -0.05) is 38.2 Å². The fraction of sp³-hybridized carbons (Fsp3) is 0.750. The number of nitrogens with zero attached hydrogens (tertiary/aromatic N) is 3. The first-order valence-corrected chi connectivity index (χ1v) is 14.1. The zero-order valence-electron chi connectivity index (χ0n) is 22.5. The number of morpholine rings is 1. The fourth-order valence-electron chi connectivity index (χ4n) is 6.74. The summed E-state index contributed by atoms with van der Waals surface area (Å²) in [6, 6.07) is -1.52. The minimum atomic E-state index is -1.30. The summed E-state index contributed by atoms with van der Waals surface area (Å²) in [5.41, 5.74) is -1.30. The number of fused-ring (bicyclic) bond motifs is 2. The second-order valence-electron chi connectivity index (χ2n) is 11.4. The fourth-order valence-corrected chi connectivity index (χ4v) is 6.74. The van der Waals surface area contributed by atoms with Gasteiger partial charge in [0.1, 0.15) is 17.6 Å². The highest BCUT2D eigenvalue weighted by atomic mass is 16.6. The standard InChI is InChI=1S/C28H41N3O7/c1-19(2)17-20(18-32)31-24-26(34)30(11-10-29-12-15-36-16-13-29)9-6-8-28(24)23(25(31)33)22-21(38-28)7-4-3-5-14-37-27(22)35/h4,6-8,19-24,32H,3,5,9-18H2,1-2H3/b7-4-/t20-,21-,22+,23+,24?,28+/m1/s1. The van der Waals surface area contributed by atoms with E-state index in [1.165, 1.54) is 0 Å². The molecule has 1 spiro atoms. The summed E-state index contributed by atoms with van der Waals surface area (Å²) in [4.78, 5) is 47.5. The number of esters is 1. The van der Waals surface area contributed by atoms with Crippen LogP contribution in [-0.4, -0.2) is 121 Å². The second kappa shape index (κ2) is 11.5. The molecule has 5 heterocycles. The number of aliphatic hydroxyl groups is 1. The molecule has 5 aliphatic heterocycles. The molecule has 38 heavy (non-hydrogen) atoms. The van der Waals surface area contributed by atoms with Gasteiger partial charge in [-0.3, -0.25) is 19.3 Å². The van der Waals surface area contributed by atoms with Crippen molar-refractivity contribution in [3.05, 3.63) is 24.3 Å². The predicted octanol–water partition coefficient (Wildman–Crippen LogP) is 0.598. The molecule has 10 heteroatoms. The smallest absolute Gasteiger partial charge is 0.312 e. The normalized spacial score (nSPS) is 35.6. The SMILES string of the molecule is CC(C)C[C@H](CO)N1C(=O)[C@@H]2[C@H]3C(=O)OCCC/C=C\[C@H]3O[C@@]23C=CCN(CCN2CCOCC2)C(=O)C13. The van der Waals surface area contributed by atoms with Crippen LogP contribution in [0.3, 0.4) is 0 Å². The van der Waals surface area contributed by atoms with E-state index in [9.17, 15) is 19.5 Å². The molecular weight excluding hydrogens is 490 g/mol. The Balaban J connectivity index is 1.51. The molecule has 5 rings (SSSR count). The molecule has 0 aromatic carbocycles. The van der Waals surface area contributed by atoms with Gasteiger partial charge in [0.2, 0.25) is 11.8 Å². The molecule has 210 valence electrons. The third kappa shape index (κ3) is 4.92. The van der Waals surface area contributed by atoms with E-state index >= 15 is 0 Å². The summed E-state index contributed by atoms with van der Waals surface area (Å²) in [7, 11) is 0. The lowest BCUT2D eigenvalue weighted by molar-refractivity contribution is -0.156. The maximum Gasteiger partial charge on any atom is 0.312 e. The van der Waals surface area contributed by atoms with Crippen LogP contribution in [0.25, 0.3) is 0 Å². The van der Waals surface area contributed by atoms with Crippen molar-refractivity contribution in [2.75, 3.05) is 59.2 Å². The topological polar surface area (TPSA) is 109 Å². The second-order valence-corrected chi connectivity index (χ2v) is 11.4. The van der Waals surface area contributed by atoms with Crippen molar-refractivity contribution in [3.63, 3.8) is 0 Å². The van der Waals surface area contributed by atoms with E-state index in [-0.39, 0.29) is 30.9 Å². The lowest BCUT2D eigenvalue weighted by Crippen LogP contribution is -2.59. The van der Waals surface area contributed by atoms with E-state index in [4.69, 9.17) is 14.2 Å². The molecule has 2 amide bonds. The van der Waals surface area contributed by atoms with E-state index in [0.29, 0.717) is 45.7 Å². The average Bonchev–Trinajstić information content (AvgIpc) is 3.32. The third-order valence-electron chi connectivity index (χ3n) is 8.51. The first-order chi connectivity index (χ1) is 18.4. The highest BCUT2D eigenvalue weighted by Gasteiger charge is 2.72. The van der Waals surface area contributed by atoms with Gasteiger partial charge in [0.25, 0.3) is 0 Å². The predicted molar refractivity (Wildman–Crippen MR) is 138 cm³/mol. The van der Waals surface area contributed by atoms with Crippen molar-refractivity contribution in [3.8, 4) is 0 Å². The molecule has 10 nitrogen and oxygen atoms in total. The van der Waals surface area contributed by atoms with Gasteiger partial charge >= 0.3 is 5.97 Å². The van der Waals surface area contributed by atoms with Crippen LogP contribution in [0, 0.1) is 17.8 Å². The van der Waals surface area contributed by atoms with Crippen molar-refractivity contribution < 1.29 is 33.7 Å². The average molecular weight is 532 g/mol. The number of amides is 2. The summed E-state index contributed by atoms with van der Waals surface area (Å²) in [6.45, 7) is 8.65. The van der Waals surface area contributed by atoms with Crippen molar-refractivity contribution >= 4 is 17.8 Å². The minimum absolute atomic E-state index is 0.191. The highest BCUT2D eigenvalue weighted by Crippen LogP contribution is 2.53. The number of aliphatic hydroxyl groups excluding tert-OH is 1. The Bertz CT molecular complexity index is 962. The molecule has 3 saturated heterocycles. The van der Waals surface area contributed by atoms with Gasteiger partial charge in [-0.15, -0.1) is 0 Å². The van der Waals surface area contributed by atoms with E-state index < -0.39 is 41.6 Å². The summed E-state index contributed by atoms with van der Waals surface area (Å²) in [6.07, 6.45) is 8.90. The Hall–Kier alpha value is -2.27. The molecule has 0 aromatic heterocycles. The molecule has 0 saturated carbocycles. The van der Waals surface area contributed by atoms with Gasteiger partial charge in [-0.2, -0.15) is 0 Å². The van der Waals surface area contributed by atoms with Crippen molar-refractivity contribution in [1.82, 2.24) is 14.7 Å². The molecule has 0 aromatic rings. The van der Waals surface area contributed by atoms with Crippen molar-refractivity contribution in [2.24, 2.45) is 17.8 Å². The molecule has 0 aliphatic carbocycles. The lowest BCUT2D eigenvalue weighted by atomic mass is 9.78. The van der Waals surface area contributed by atoms with Crippen LogP contribution in [-0.2, 0) is 28.6 Å². The zero-order valence-corrected chi connectivity index (χ0v) is 22.5. The molecule has 6 atom stereocenters. The summed E-state index contributed by atoms with van der Waals surface area (Å²) >= 11 is 0. The van der Waals surface area contributed by atoms with E-state index in [1.807, 2.05) is 38.2 Å². The van der Waals surface area contributed by atoms with Gasteiger partial charge in [0.05, 0.1) is 44.5 Å². The quantitative estimate of drug-likeness (QED) is 0.376. The first kappa shape index (κ1) is 27.3. The number of carbonyl (C=O) groups excluding carboxylic acids is 3. The Labute approximate surface area is 224 Å². The Morgan fingerprint density at radius 1 is 1.08 bits per heavy atom. The Kier molecular flexibility index (Phi) is 8.23. The highest BCUT2D eigenvalue weighted by molar-refractivity contribution is 5.99. The van der Waals surface area contributed by atoms with E-state index in [0.717, 1.165) is 19.5 Å². The van der Waals surface area contributed by atoms with Gasteiger partial charge < -0.3 is 29.1 Å². The number of cyclic esters (lactones) is 1. The van der Waals surface area contributed by atoms with Crippen LogP contribution in [0.1, 0.15) is 33.1 Å². The van der Waals surface area contributed by atoms with Gasteiger partial charge in [-0.05, 0) is 25.2 Å². The van der Waals surface area contributed by atoms with Gasteiger partial charge in [-0.25, -0.2) is 0 Å². The third-order valence-corrected chi connectivity index (χ3v) is 8.51. The molecule has 1 unspecified atom stereocenters. The molecule has 0 bridgehead atoms. The summed E-state index contributed by atoms with van der Waals surface area (Å²) in [5, 5.41) is 10.4. The number of hydrogen-bond donors (Lipinski definition) is 1. The van der Waals surface area contributed by atoms with Crippen LogP contribution in [0.15, 0.2) is 24.3 Å². The number of ether oxygens (including phenoxy) is 3. The number of likely N-dealkylation sites (tertiary alicyclic amines) is 1. The van der Waals surface area contributed by atoms with Gasteiger partial charge in [0, 0.05) is 32.7 Å². The monoisotopic (exact) mass is 531 g/mol. The summed E-state index contributed by atoms with van der Waals surface area (Å²) < 4.78 is 17.7. The van der Waals surface area contributed by atoms with Crippen molar-refractivity contribution in [2.45, 2.75) is 56.9 Å². The Morgan fingerprint density at radius 2 is 1.87 bits per heavy atom. The molecular formula is C28H41N3O7. The zero-order chi connectivity index (χ0) is 26.9. The van der Waals surface area contributed by atoms with Crippen LogP contribution in [0.2, 0.25) is 0 Å². The van der Waals surface area contributed by atoms with Crippen LogP contribution >= 0.6 is 0 Å². The lowest BCUT2D eigenvalue weighted by Gasteiger charge is -2.39.